The average Bonchev–Trinajstić information content (AvgIpc) is 2.60. The topological polar surface area (TPSA) is 64.2 Å². The van der Waals surface area contributed by atoms with Crippen LogP contribution in [0, 0.1) is 6.92 Å². The lowest BCUT2D eigenvalue weighted by atomic mass is 9.98. The molecule has 3 aromatic rings. The van der Waals surface area contributed by atoms with Gasteiger partial charge in [0.1, 0.15) is 12.1 Å². The summed E-state index contributed by atoms with van der Waals surface area (Å²) in [6.07, 6.45) is 2.39. The van der Waals surface area contributed by atoms with Crippen LogP contribution in [0.3, 0.4) is 0 Å². The smallest absolute Gasteiger partial charge is 0.136 e. The van der Waals surface area contributed by atoms with Crippen molar-refractivity contribution in [3.8, 4) is 0 Å². The molecular formula is C20H20N4. The van der Waals surface area contributed by atoms with Gasteiger partial charge in [-0.15, -0.1) is 0 Å². The zero-order chi connectivity index (χ0) is 16.9. The van der Waals surface area contributed by atoms with Crippen molar-refractivity contribution < 1.29 is 0 Å². The first-order valence-corrected chi connectivity index (χ1v) is 7.86. The predicted octanol–water partition coefficient (Wildman–Crippen LogP) is 3.43. The number of aliphatic imine (C=N–C) groups is 1. The molecule has 3 rings (SSSR count). The summed E-state index contributed by atoms with van der Waals surface area (Å²) in [6.45, 7) is 1.92. The maximum absolute atomic E-state index is 6.04. The largest absolute Gasteiger partial charge is 0.383 e. The van der Waals surface area contributed by atoms with E-state index in [4.69, 9.17) is 5.73 Å². The van der Waals surface area contributed by atoms with E-state index in [0.29, 0.717) is 5.82 Å². The molecular weight excluding hydrogens is 296 g/mol. The quantitative estimate of drug-likeness (QED) is 0.750. The van der Waals surface area contributed by atoms with E-state index < -0.39 is 0 Å². The van der Waals surface area contributed by atoms with Crippen molar-refractivity contribution in [2.75, 3.05) is 12.8 Å². The van der Waals surface area contributed by atoms with Crippen LogP contribution >= 0.6 is 0 Å². The third kappa shape index (κ3) is 3.33. The van der Waals surface area contributed by atoms with E-state index in [9.17, 15) is 0 Å². The molecule has 0 fully saturated rings. The molecule has 2 aromatic carbocycles. The van der Waals surface area contributed by atoms with Crippen LogP contribution in [0.1, 0.15) is 27.9 Å². The Morgan fingerprint density at radius 2 is 1.62 bits per heavy atom. The molecule has 4 heteroatoms. The highest BCUT2D eigenvalue weighted by Crippen LogP contribution is 2.19. The van der Waals surface area contributed by atoms with Gasteiger partial charge in [-0.25, -0.2) is 9.97 Å². The fourth-order valence-corrected chi connectivity index (χ4v) is 2.78. The Bertz CT molecular complexity index is 832. The van der Waals surface area contributed by atoms with E-state index >= 15 is 0 Å². The van der Waals surface area contributed by atoms with Crippen molar-refractivity contribution >= 4 is 11.5 Å². The van der Waals surface area contributed by atoms with E-state index in [2.05, 4.69) is 63.5 Å². The number of hydrogen-bond acceptors (Lipinski definition) is 4. The molecule has 2 N–H and O–H groups in total. The molecule has 0 atom stereocenters. The van der Waals surface area contributed by atoms with Crippen LogP contribution in [0.4, 0.5) is 5.82 Å². The summed E-state index contributed by atoms with van der Waals surface area (Å²) in [4.78, 5) is 12.7. The molecule has 0 spiro atoms. The minimum absolute atomic E-state index is 0.455. The zero-order valence-electron chi connectivity index (χ0n) is 13.9. The molecule has 0 unspecified atom stereocenters. The number of rotatable bonds is 4. The average molecular weight is 316 g/mol. The van der Waals surface area contributed by atoms with Gasteiger partial charge >= 0.3 is 0 Å². The van der Waals surface area contributed by atoms with Crippen molar-refractivity contribution in [3.05, 3.63) is 88.9 Å². The lowest BCUT2D eigenvalue weighted by Gasteiger charge is -2.11. The minimum atomic E-state index is 0.455. The van der Waals surface area contributed by atoms with E-state index in [0.717, 1.165) is 29.0 Å². The Labute approximate surface area is 142 Å². The molecule has 0 aliphatic heterocycles. The number of hydrogen-bond donors (Lipinski definition) is 1. The maximum atomic E-state index is 6.04. The van der Waals surface area contributed by atoms with Gasteiger partial charge in [0.2, 0.25) is 0 Å². The maximum Gasteiger partial charge on any atom is 0.136 e. The Morgan fingerprint density at radius 1 is 0.958 bits per heavy atom. The van der Waals surface area contributed by atoms with Crippen molar-refractivity contribution in [1.29, 1.82) is 0 Å². The van der Waals surface area contributed by atoms with Crippen LogP contribution in [0.25, 0.3) is 0 Å². The molecule has 0 saturated heterocycles. The van der Waals surface area contributed by atoms with Crippen molar-refractivity contribution in [3.63, 3.8) is 0 Å². The summed E-state index contributed by atoms with van der Waals surface area (Å²) in [5.74, 6) is 0.455. The van der Waals surface area contributed by atoms with E-state index in [1.54, 1.807) is 7.05 Å². The van der Waals surface area contributed by atoms with E-state index in [1.165, 1.54) is 17.5 Å². The summed E-state index contributed by atoms with van der Waals surface area (Å²) in [5.41, 5.74) is 12.1. The number of aromatic nitrogens is 2. The molecule has 1 aromatic heterocycles. The number of anilines is 1. The molecule has 0 aliphatic carbocycles. The van der Waals surface area contributed by atoms with Gasteiger partial charge in [-0.3, -0.25) is 4.99 Å². The van der Waals surface area contributed by atoms with Crippen molar-refractivity contribution in [1.82, 2.24) is 9.97 Å². The second-order valence-electron chi connectivity index (χ2n) is 5.65. The van der Waals surface area contributed by atoms with Gasteiger partial charge < -0.3 is 5.73 Å². The lowest BCUT2D eigenvalue weighted by Crippen LogP contribution is -2.12. The highest BCUT2D eigenvalue weighted by Gasteiger charge is 2.14. The van der Waals surface area contributed by atoms with Crippen LogP contribution in [0.5, 0.6) is 0 Å². The first-order chi connectivity index (χ1) is 11.7. The summed E-state index contributed by atoms with van der Waals surface area (Å²) in [7, 11) is 1.76. The molecule has 4 nitrogen and oxygen atoms in total. The molecule has 0 saturated carbocycles. The van der Waals surface area contributed by atoms with Gasteiger partial charge in [-0.05, 0) is 24.5 Å². The van der Waals surface area contributed by atoms with Gasteiger partial charge in [0.25, 0.3) is 0 Å². The summed E-state index contributed by atoms with van der Waals surface area (Å²) < 4.78 is 0. The summed E-state index contributed by atoms with van der Waals surface area (Å²) in [5, 5.41) is 0. The van der Waals surface area contributed by atoms with Gasteiger partial charge in [0.05, 0.1) is 17.0 Å². The first-order valence-electron chi connectivity index (χ1n) is 7.86. The number of nitrogens with two attached hydrogens (primary N) is 1. The molecule has 0 radical (unpaired) electrons. The fourth-order valence-electron chi connectivity index (χ4n) is 2.78. The summed E-state index contributed by atoms with van der Waals surface area (Å²) in [6, 6.07) is 18.8. The van der Waals surface area contributed by atoms with Gasteiger partial charge in [-0.2, -0.15) is 0 Å². The SMILES string of the molecule is C/N=C(/c1ccc(Cc2ccccc2)cc1)c1c(C)ncnc1N. The normalized spacial score (nSPS) is 11.5. The van der Waals surface area contributed by atoms with Gasteiger partial charge in [0.15, 0.2) is 0 Å². The molecule has 120 valence electrons. The fraction of sp³-hybridized carbons (Fsp3) is 0.150. The monoisotopic (exact) mass is 316 g/mol. The summed E-state index contributed by atoms with van der Waals surface area (Å²) >= 11 is 0. The van der Waals surface area contributed by atoms with Crippen LogP contribution in [0.15, 0.2) is 65.9 Å². The number of benzene rings is 2. The first kappa shape index (κ1) is 15.9. The van der Waals surface area contributed by atoms with Gasteiger partial charge in [-0.1, -0.05) is 54.6 Å². The Balaban J connectivity index is 1.89. The standard InChI is InChI=1S/C20H20N4/c1-14-18(20(21)24-13-23-14)19(22-2)17-10-8-16(9-11-17)12-15-6-4-3-5-7-15/h3-11,13H,12H2,1-2H3,(H2,21,23,24)/b22-19-. The van der Waals surface area contributed by atoms with E-state index in [1.807, 2.05) is 13.0 Å². The lowest BCUT2D eigenvalue weighted by molar-refractivity contribution is 1.10. The zero-order valence-corrected chi connectivity index (χ0v) is 13.9. The second-order valence-corrected chi connectivity index (χ2v) is 5.65. The second kappa shape index (κ2) is 7.04. The van der Waals surface area contributed by atoms with E-state index in [-0.39, 0.29) is 0 Å². The van der Waals surface area contributed by atoms with Crippen LogP contribution in [-0.2, 0) is 6.42 Å². The van der Waals surface area contributed by atoms with Crippen molar-refractivity contribution in [2.24, 2.45) is 4.99 Å². The van der Waals surface area contributed by atoms with Gasteiger partial charge in [0, 0.05) is 12.6 Å². The van der Waals surface area contributed by atoms with Crippen molar-refractivity contribution in [2.45, 2.75) is 13.3 Å². The molecule has 0 bridgehead atoms. The molecule has 0 amide bonds. The predicted molar refractivity (Wildman–Crippen MR) is 98.4 cm³/mol. The van der Waals surface area contributed by atoms with Crippen LogP contribution < -0.4 is 5.73 Å². The Kier molecular flexibility index (Phi) is 4.66. The Morgan fingerprint density at radius 3 is 2.25 bits per heavy atom. The third-order valence-electron chi connectivity index (χ3n) is 4.01. The number of aryl methyl sites for hydroxylation is 1. The Hall–Kier alpha value is -3.01. The van der Waals surface area contributed by atoms with Crippen LogP contribution in [0.2, 0.25) is 0 Å². The molecule has 1 heterocycles. The molecule has 0 aliphatic rings. The minimum Gasteiger partial charge on any atom is -0.383 e. The molecule has 24 heavy (non-hydrogen) atoms. The third-order valence-corrected chi connectivity index (χ3v) is 4.01. The number of nitrogen functional groups attached to an aromatic ring is 1. The van der Waals surface area contributed by atoms with Crippen LogP contribution in [-0.4, -0.2) is 22.7 Å². The number of nitrogens with zero attached hydrogens (tertiary/aromatic N) is 3. The highest BCUT2D eigenvalue weighted by molar-refractivity contribution is 6.15. The highest BCUT2D eigenvalue weighted by atomic mass is 14.9.